The molecule has 0 heterocycles. The number of halogens is 2. The summed E-state index contributed by atoms with van der Waals surface area (Å²) in [5, 5.41) is 18.7. The van der Waals surface area contributed by atoms with Crippen LogP contribution in [0.5, 0.6) is 0 Å². The van der Waals surface area contributed by atoms with E-state index in [2.05, 4.69) is 13.8 Å². The topological polar surface area (TPSA) is 131 Å². The maximum atomic E-state index is 12.6. The van der Waals surface area contributed by atoms with E-state index in [1.807, 2.05) is 0 Å². The SMILES string of the molecule is CCCCCCCC(Cl)C(Cl)CCCOP(=O)(O)OC(CCO)(CCO)CCCCCCC.N. The van der Waals surface area contributed by atoms with Crippen molar-refractivity contribution in [2.24, 2.45) is 0 Å². The van der Waals surface area contributed by atoms with Crippen molar-refractivity contribution in [2.75, 3.05) is 19.8 Å². The van der Waals surface area contributed by atoms with Gasteiger partial charge in [-0.2, -0.15) is 0 Å². The van der Waals surface area contributed by atoms with Crippen molar-refractivity contribution in [3.05, 3.63) is 0 Å². The molecule has 10 heteroatoms. The summed E-state index contributed by atoms with van der Waals surface area (Å²) in [5.41, 5.74) is -1.08. The van der Waals surface area contributed by atoms with E-state index < -0.39 is 13.4 Å². The zero-order valence-electron chi connectivity index (χ0n) is 21.6. The van der Waals surface area contributed by atoms with Crippen LogP contribution in [0.1, 0.15) is 117 Å². The minimum Gasteiger partial charge on any atom is -0.396 e. The van der Waals surface area contributed by atoms with Gasteiger partial charge in [-0.25, -0.2) is 4.57 Å². The molecule has 0 radical (unpaired) electrons. The first-order valence-electron chi connectivity index (χ1n) is 12.9. The van der Waals surface area contributed by atoms with Gasteiger partial charge < -0.3 is 21.3 Å². The van der Waals surface area contributed by atoms with Crippen molar-refractivity contribution in [3.63, 3.8) is 0 Å². The highest BCUT2D eigenvalue weighted by atomic mass is 35.5. The number of alkyl halides is 2. The Morgan fingerprint density at radius 2 is 1.24 bits per heavy atom. The Kier molecular flexibility index (Phi) is 24.6. The summed E-state index contributed by atoms with van der Waals surface area (Å²) in [6.07, 6.45) is 13.8. The van der Waals surface area contributed by atoms with Gasteiger partial charge in [0.1, 0.15) is 0 Å². The van der Waals surface area contributed by atoms with Crippen LogP contribution < -0.4 is 6.15 Å². The summed E-state index contributed by atoms with van der Waals surface area (Å²) < 4.78 is 23.4. The fourth-order valence-electron chi connectivity index (χ4n) is 4.00. The van der Waals surface area contributed by atoms with E-state index >= 15 is 0 Å². The third kappa shape index (κ3) is 18.8. The molecule has 0 aromatic rings. The number of rotatable bonds is 24. The Labute approximate surface area is 218 Å². The van der Waals surface area contributed by atoms with Crippen LogP contribution in [0, 0.1) is 0 Å². The van der Waals surface area contributed by atoms with E-state index in [0.717, 1.165) is 51.4 Å². The van der Waals surface area contributed by atoms with Crippen LogP contribution in [0.25, 0.3) is 0 Å². The molecule has 0 aromatic carbocycles. The van der Waals surface area contributed by atoms with Crippen molar-refractivity contribution in [3.8, 4) is 0 Å². The van der Waals surface area contributed by atoms with E-state index in [4.69, 9.17) is 32.2 Å². The number of phosphoric ester groups is 1. The average molecular weight is 553 g/mol. The molecule has 0 saturated heterocycles. The lowest BCUT2D eigenvalue weighted by Gasteiger charge is -2.34. The number of hydrogen-bond acceptors (Lipinski definition) is 6. The molecule has 208 valence electrons. The Morgan fingerprint density at radius 3 is 1.74 bits per heavy atom. The first-order chi connectivity index (χ1) is 15.8. The van der Waals surface area contributed by atoms with Crippen LogP contribution in [0.2, 0.25) is 0 Å². The van der Waals surface area contributed by atoms with Gasteiger partial charge in [-0.05, 0) is 25.7 Å². The first-order valence-corrected chi connectivity index (χ1v) is 15.3. The second-order valence-electron chi connectivity index (χ2n) is 9.06. The second kappa shape index (κ2) is 22.7. The molecule has 0 saturated carbocycles. The third-order valence-electron chi connectivity index (χ3n) is 6.03. The summed E-state index contributed by atoms with van der Waals surface area (Å²) in [4.78, 5) is 10.3. The number of phosphoric acid groups is 1. The van der Waals surface area contributed by atoms with Gasteiger partial charge in [-0.1, -0.05) is 78.1 Å². The molecule has 0 aliphatic carbocycles. The largest absolute Gasteiger partial charge is 0.472 e. The highest BCUT2D eigenvalue weighted by molar-refractivity contribution is 7.47. The predicted octanol–water partition coefficient (Wildman–Crippen LogP) is 7.50. The van der Waals surface area contributed by atoms with Crippen molar-refractivity contribution in [1.29, 1.82) is 0 Å². The standard InChI is InChI=1S/C24H49Cl2O6P.H3N/c1-3-5-7-9-11-14-22(25)23(26)15-13-21-31-33(29,30)32-24(17-19-27,18-20-28)16-12-10-8-6-4-2;/h22-23,27-28H,3-21H2,1-2H3,(H,29,30);1H3. The van der Waals surface area contributed by atoms with Crippen LogP contribution in [-0.4, -0.2) is 51.3 Å². The fourth-order valence-corrected chi connectivity index (χ4v) is 5.74. The molecular formula is C24H52Cl2NO6P. The highest BCUT2D eigenvalue weighted by Crippen LogP contribution is 2.50. The number of aliphatic hydroxyl groups excluding tert-OH is 2. The molecule has 0 bridgehead atoms. The predicted molar refractivity (Wildman–Crippen MR) is 143 cm³/mol. The quantitative estimate of drug-likeness (QED) is 0.0554. The third-order valence-corrected chi connectivity index (χ3v) is 8.33. The summed E-state index contributed by atoms with van der Waals surface area (Å²) >= 11 is 12.8. The molecule has 0 fully saturated rings. The molecule has 0 spiro atoms. The van der Waals surface area contributed by atoms with Crippen LogP contribution in [0.3, 0.4) is 0 Å². The van der Waals surface area contributed by atoms with Crippen LogP contribution in [0.15, 0.2) is 0 Å². The zero-order chi connectivity index (χ0) is 25.0. The Bertz CT molecular complexity index is 498. The van der Waals surface area contributed by atoms with E-state index in [1.165, 1.54) is 19.3 Å². The van der Waals surface area contributed by atoms with Crippen LogP contribution in [0.4, 0.5) is 0 Å². The average Bonchev–Trinajstić information content (AvgIpc) is 2.76. The number of aliphatic hydroxyl groups is 2. The maximum Gasteiger partial charge on any atom is 0.472 e. The van der Waals surface area contributed by atoms with Crippen LogP contribution >= 0.6 is 31.0 Å². The minimum atomic E-state index is -4.35. The zero-order valence-corrected chi connectivity index (χ0v) is 24.0. The molecule has 6 N–H and O–H groups in total. The lowest BCUT2D eigenvalue weighted by molar-refractivity contribution is -0.0205. The monoisotopic (exact) mass is 551 g/mol. The Balaban J connectivity index is 0. The van der Waals surface area contributed by atoms with Crippen molar-refractivity contribution < 1.29 is 28.7 Å². The number of hydrogen-bond donors (Lipinski definition) is 4. The van der Waals surface area contributed by atoms with Crippen molar-refractivity contribution in [2.45, 2.75) is 133 Å². The molecule has 0 aliphatic heterocycles. The first kappa shape index (κ1) is 36.7. The summed E-state index contributed by atoms with van der Waals surface area (Å²) in [7, 11) is -4.35. The van der Waals surface area contributed by atoms with Gasteiger partial charge in [0.15, 0.2) is 0 Å². The highest BCUT2D eigenvalue weighted by Gasteiger charge is 2.38. The fraction of sp³-hybridized carbons (Fsp3) is 1.00. The smallest absolute Gasteiger partial charge is 0.396 e. The molecule has 34 heavy (non-hydrogen) atoms. The molecule has 0 amide bonds. The molecule has 0 aromatic heterocycles. The molecule has 0 aliphatic rings. The lowest BCUT2D eigenvalue weighted by atomic mass is 9.89. The van der Waals surface area contributed by atoms with Gasteiger partial charge in [-0.3, -0.25) is 9.05 Å². The Morgan fingerprint density at radius 1 is 0.765 bits per heavy atom. The van der Waals surface area contributed by atoms with E-state index in [9.17, 15) is 19.7 Å². The molecule has 0 rings (SSSR count). The number of unbranched alkanes of at least 4 members (excludes halogenated alkanes) is 8. The summed E-state index contributed by atoms with van der Waals surface area (Å²) in [5.74, 6) is 0. The maximum absolute atomic E-state index is 12.6. The van der Waals surface area contributed by atoms with Gasteiger partial charge >= 0.3 is 7.82 Å². The minimum absolute atomic E-state index is 0. The summed E-state index contributed by atoms with van der Waals surface area (Å²) in [6.45, 7) is 3.96. The van der Waals surface area contributed by atoms with Crippen LogP contribution in [-0.2, 0) is 13.6 Å². The van der Waals surface area contributed by atoms with Gasteiger partial charge in [0.25, 0.3) is 0 Å². The molecule has 3 unspecified atom stereocenters. The van der Waals surface area contributed by atoms with E-state index in [-0.39, 0.29) is 49.6 Å². The van der Waals surface area contributed by atoms with Gasteiger partial charge in [0.05, 0.1) is 17.6 Å². The van der Waals surface area contributed by atoms with Crippen molar-refractivity contribution in [1.82, 2.24) is 6.15 Å². The summed E-state index contributed by atoms with van der Waals surface area (Å²) in [6, 6.07) is 0. The molecule has 7 nitrogen and oxygen atoms in total. The van der Waals surface area contributed by atoms with Gasteiger partial charge in [0, 0.05) is 31.4 Å². The van der Waals surface area contributed by atoms with Gasteiger partial charge in [-0.15, -0.1) is 23.2 Å². The molecule has 3 atom stereocenters. The normalized spacial score (nSPS) is 15.5. The van der Waals surface area contributed by atoms with E-state index in [1.54, 1.807) is 0 Å². The van der Waals surface area contributed by atoms with E-state index in [0.29, 0.717) is 19.3 Å². The second-order valence-corrected chi connectivity index (χ2v) is 11.6. The molecular weight excluding hydrogens is 500 g/mol. The Hall–Kier alpha value is 0.570. The van der Waals surface area contributed by atoms with Crippen molar-refractivity contribution >= 4 is 31.0 Å². The van der Waals surface area contributed by atoms with Gasteiger partial charge in [0.2, 0.25) is 0 Å². The lowest BCUT2D eigenvalue weighted by Crippen LogP contribution is -2.34.